The first-order valence-corrected chi connectivity index (χ1v) is 21.3. The predicted molar refractivity (Wildman–Crippen MR) is 194 cm³/mol. The van der Waals surface area contributed by atoms with E-state index in [1.807, 2.05) is 84.9 Å². The molecule has 2 amide bonds. The number of thiazole rings is 2. The summed E-state index contributed by atoms with van der Waals surface area (Å²) in [5, 5.41) is 7.41. The molecule has 0 saturated carbocycles. The number of nitrogens with two attached hydrogens (primary N) is 2. The van der Waals surface area contributed by atoms with E-state index < -0.39 is 28.4 Å². The third-order valence-corrected chi connectivity index (χ3v) is 8.77. The van der Waals surface area contributed by atoms with Crippen molar-refractivity contribution in [3.8, 4) is 21.1 Å². The average molecular weight is 888 g/mol. The van der Waals surface area contributed by atoms with Crippen molar-refractivity contribution in [2.45, 2.75) is 6.04 Å². The van der Waals surface area contributed by atoms with Crippen LogP contribution in [-0.4, -0.2) is 40.9 Å². The summed E-state index contributed by atoms with van der Waals surface area (Å²) in [4.78, 5) is 32.6. The SMILES string of the molecule is NCC(N)C(=O)Nc1ccc(-c2nc3ccccc3s2)cc1.[CH2-]C(C[NH-])C(=O)Nc1ccc(-c2nc3ccccc3s2)cc1.[Cl][Pt+2][Cl]. The second-order valence-electron chi connectivity index (χ2n) is 9.90. The van der Waals surface area contributed by atoms with Crippen LogP contribution < -0.4 is 22.1 Å². The van der Waals surface area contributed by atoms with Gasteiger partial charge in [0.2, 0.25) is 5.91 Å². The van der Waals surface area contributed by atoms with Crippen LogP contribution in [-0.2, 0) is 26.1 Å². The van der Waals surface area contributed by atoms with E-state index in [1.54, 1.807) is 22.7 Å². The zero-order valence-corrected chi connectivity index (χ0v) is 30.2. The Bertz CT molecular complexity index is 1700. The summed E-state index contributed by atoms with van der Waals surface area (Å²) in [6.45, 7) is 3.74. The Hall–Kier alpha value is -3.25. The van der Waals surface area contributed by atoms with Crippen LogP contribution in [0.25, 0.3) is 47.3 Å². The fraction of sp³-hybridized carbons (Fsp3) is 0.121. The normalized spacial score (nSPS) is 12.0. The van der Waals surface area contributed by atoms with Crippen molar-refractivity contribution in [3.63, 3.8) is 0 Å². The second kappa shape index (κ2) is 18.3. The summed E-state index contributed by atoms with van der Waals surface area (Å²) >= 11 is 2.82. The molecule has 246 valence electrons. The zero-order chi connectivity index (χ0) is 33.8. The summed E-state index contributed by atoms with van der Waals surface area (Å²) in [6, 6.07) is 30.5. The molecule has 0 aliphatic rings. The fourth-order valence-corrected chi connectivity index (χ4v) is 6.00. The third-order valence-electron chi connectivity index (χ3n) is 6.59. The van der Waals surface area contributed by atoms with E-state index in [0.29, 0.717) is 11.4 Å². The molecule has 2 unspecified atom stereocenters. The van der Waals surface area contributed by atoms with Gasteiger partial charge >= 0.3 is 35.3 Å². The number of aromatic nitrogens is 2. The number of hydrogen-bond donors (Lipinski definition) is 4. The maximum absolute atomic E-state index is 11.7. The molecule has 47 heavy (non-hydrogen) atoms. The van der Waals surface area contributed by atoms with E-state index in [4.69, 9.17) is 36.0 Å². The van der Waals surface area contributed by atoms with Crippen molar-refractivity contribution in [2.75, 3.05) is 23.7 Å². The summed E-state index contributed by atoms with van der Waals surface area (Å²) in [7, 11) is 9.75. The molecule has 2 heterocycles. The van der Waals surface area contributed by atoms with Crippen molar-refractivity contribution in [1.29, 1.82) is 0 Å². The van der Waals surface area contributed by atoms with Crippen LogP contribution in [0.2, 0.25) is 0 Å². The minimum atomic E-state index is -0.691. The summed E-state index contributed by atoms with van der Waals surface area (Å²) < 4.78 is 2.31. The van der Waals surface area contributed by atoms with E-state index in [9.17, 15) is 9.59 Å². The number of benzene rings is 4. The molecule has 0 aliphatic heterocycles. The van der Waals surface area contributed by atoms with Gasteiger partial charge in [-0.3, -0.25) is 9.59 Å². The fourth-order valence-electron chi connectivity index (χ4n) is 4.06. The number of fused-ring (bicyclic) bond motifs is 2. The van der Waals surface area contributed by atoms with Gasteiger partial charge in [0, 0.05) is 29.0 Å². The van der Waals surface area contributed by atoms with Gasteiger partial charge in [-0.1, -0.05) is 24.3 Å². The Morgan fingerprint density at radius 3 is 1.55 bits per heavy atom. The molecular weight excluding hydrogens is 857 g/mol. The number of para-hydroxylation sites is 2. The molecule has 2 aromatic heterocycles. The molecule has 2 atom stereocenters. The molecule has 7 N–H and O–H groups in total. The number of carbonyl (C=O) groups is 2. The van der Waals surface area contributed by atoms with E-state index in [-0.39, 0.29) is 24.9 Å². The summed E-state index contributed by atoms with van der Waals surface area (Å²) in [6.07, 6.45) is 0. The molecule has 14 heteroatoms. The molecule has 9 nitrogen and oxygen atoms in total. The Labute approximate surface area is 297 Å². The second-order valence-corrected chi connectivity index (χ2v) is 15.2. The first kappa shape index (κ1) is 36.6. The molecule has 0 bridgehead atoms. The number of halogens is 2. The van der Waals surface area contributed by atoms with Crippen LogP contribution in [0.4, 0.5) is 11.4 Å². The standard InChI is InChI=1S/C17H15N3OS.C16H16N4OS.2ClH.Pt/c1-11(10-18)16(21)19-13-8-6-12(7-9-13)17-20-14-4-2-3-5-15(14)22-17;17-9-12(18)15(21)19-11-7-5-10(6-8-11)16-20-13-3-1-2-4-14(13)22-16;;;/h2-9,11,18H,1,10H2,(H,19,21);1-8,12H,9,17-18H2,(H,19,21);2*1H;/q-2;;;;+4/p-2. The molecule has 4 aromatic carbocycles. The van der Waals surface area contributed by atoms with Gasteiger partial charge in [0.05, 0.1) is 26.5 Å². The van der Waals surface area contributed by atoms with Crippen LogP contribution >= 0.6 is 41.5 Å². The topological polar surface area (TPSA) is 160 Å². The van der Waals surface area contributed by atoms with Crippen LogP contribution in [0, 0.1) is 12.8 Å². The molecule has 0 saturated heterocycles. The van der Waals surface area contributed by atoms with Gasteiger partial charge < -0.3 is 34.8 Å². The number of carbonyl (C=O) groups excluding carboxylic acids is 2. The Morgan fingerprint density at radius 2 is 1.17 bits per heavy atom. The Balaban J connectivity index is 0.000000197. The minimum absolute atomic E-state index is 0.0182. The molecule has 6 rings (SSSR count). The monoisotopic (exact) mass is 886 g/mol. The van der Waals surface area contributed by atoms with Crippen molar-refractivity contribution in [2.24, 2.45) is 17.4 Å². The third kappa shape index (κ3) is 10.4. The first-order valence-electron chi connectivity index (χ1n) is 14.1. The van der Waals surface area contributed by atoms with Gasteiger partial charge in [0.15, 0.2) is 5.91 Å². The number of anilines is 2. The molecule has 0 fully saturated rings. The zero-order valence-electron chi connectivity index (χ0n) is 24.8. The van der Waals surface area contributed by atoms with Gasteiger partial charge in [-0.05, 0) is 72.8 Å². The van der Waals surface area contributed by atoms with Gasteiger partial charge in [-0.2, -0.15) is 6.54 Å². The number of nitrogens with zero attached hydrogens (tertiary/aromatic N) is 2. The van der Waals surface area contributed by atoms with Crippen molar-refractivity contribution in [3.05, 3.63) is 110 Å². The van der Waals surface area contributed by atoms with Crippen LogP contribution in [0.1, 0.15) is 0 Å². The number of nitrogens with one attached hydrogen (secondary N) is 3. The maximum atomic E-state index is 11.7. The summed E-state index contributed by atoms with van der Waals surface area (Å²) in [5.74, 6) is -1.07. The Morgan fingerprint density at radius 1 is 0.766 bits per heavy atom. The molecular formula is C33H31Cl2N7O2PtS2. The van der Waals surface area contributed by atoms with E-state index in [2.05, 4.69) is 39.7 Å². The molecule has 0 spiro atoms. The van der Waals surface area contributed by atoms with Gasteiger partial charge in [0.1, 0.15) is 10.0 Å². The van der Waals surface area contributed by atoms with Gasteiger partial charge in [-0.25, -0.2) is 9.97 Å². The molecule has 6 aromatic rings. The predicted octanol–water partition coefficient (Wildman–Crippen LogP) is 7.97. The van der Waals surface area contributed by atoms with Crippen LogP contribution in [0.3, 0.4) is 0 Å². The van der Waals surface area contributed by atoms with E-state index in [1.165, 1.54) is 0 Å². The van der Waals surface area contributed by atoms with Gasteiger partial charge in [-0.15, -0.1) is 28.6 Å². The number of rotatable bonds is 8. The van der Waals surface area contributed by atoms with Gasteiger partial charge in [0.25, 0.3) is 0 Å². The van der Waals surface area contributed by atoms with Crippen LogP contribution in [0.5, 0.6) is 0 Å². The quantitative estimate of drug-likeness (QED) is 0.114. The average Bonchev–Trinajstić information content (AvgIpc) is 3.74. The van der Waals surface area contributed by atoms with Crippen LogP contribution in [0.15, 0.2) is 97.1 Å². The van der Waals surface area contributed by atoms with E-state index in [0.717, 1.165) is 41.6 Å². The summed E-state index contributed by atoms with van der Waals surface area (Å²) in [5.41, 5.74) is 23.6. The molecule has 0 radical (unpaired) electrons. The number of amides is 2. The first-order chi connectivity index (χ1) is 22.8. The Kier molecular flexibility index (Phi) is 14.3. The van der Waals surface area contributed by atoms with E-state index >= 15 is 0 Å². The van der Waals surface area contributed by atoms with Crippen molar-refractivity contribution < 1.29 is 26.1 Å². The van der Waals surface area contributed by atoms with Crippen molar-refractivity contribution >= 4 is 85.1 Å². The molecule has 0 aliphatic carbocycles. The number of hydrogen-bond acceptors (Lipinski definition) is 8. The van der Waals surface area contributed by atoms with Crippen molar-refractivity contribution in [1.82, 2.24) is 9.97 Å².